The van der Waals surface area contributed by atoms with Gasteiger partial charge in [-0.2, -0.15) is 105 Å². The fourth-order valence-electron chi connectivity index (χ4n) is 13.6. The van der Waals surface area contributed by atoms with Crippen molar-refractivity contribution in [1.82, 2.24) is 0 Å². The molecule has 0 amide bonds. The number of hydrogen-bond acceptors (Lipinski definition) is 14. The van der Waals surface area contributed by atoms with Gasteiger partial charge in [0, 0.05) is 128 Å². The molecule has 0 saturated heterocycles. The molecule has 0 N–H and O–H groups in total. The molecule has 4 aliphatic carbocycles. The number of rotatable bonds is 16. The molecule has 8 aromatic heterocycles. The smallest absolute Gasteiger partial charge is 0.380 e. The summed E-state index contributed by atoms with van der Waals surface area (Å²) in [5, 5.41) is 1.76. The van der Waals surface area contributed by atoms with Crippen LogP contribution in [-0.2, 0) is 12.8 Å². The first kappa shape index (κ1) is 87.6. The summed E-state index contributed by atoms with van der Waals surface area (Å²) in [7, 11) is 6.96. The third-order valence-corrected chi connectivity index (χ3v) is 27.2. The molecule has 0 spiro atoms. The van der Waals surface area contributed by atoms with Crippen molar-refractivity contribution in [3.63, 3.8) is 0 Å². The maximum atomic E-state index is 15.1. The van der Waals surface area contributed by atoms with Gasteiger partial charge in [-0.05, 0) is 139 Å². The van der Waals surface area contributed by atoms with Gasteiger partial charge in [0.05, 0.1) is 42.7 Å². The minimum Gasteiger partial charge on any atom is -0.487 e. The van der Waals surface area contributed by atoms with Gasteiger partial charge in [0.2, 0.25) is 0 Å². The average Bonchev–Trinajstić information content (AvgIpc) is 1.55. The molecule has 0 bridgehead atoms. The number of alkyl halides is 24. The Kier molecular flexibility index (Phi) is 23.5. The zero-order chi connectivity index (χ0) is 83.2. The van der Waals surface area contributed by atoms with Crippen LogP contribution < -0.4 is 28.4 Å². The van der Waals surface area contributed by atoms with Crippen LogP contribution in [0.4, 0.5) is 105 Å². The minimum absolute atomic E-state index is 0.121. The van der Waals surface area contributed by atoms with Gasteiger partial charge in [0.15, 0.2) is 30.4 Å². The number of ether oxygens (including phenoxy) is 6. The topological polar surface area (TPSA) is 55.4 Å². The van der Waals surface area contributed by atoms with Crippen LogP contribution in [0.3, 0.4) is 0 Å². The molecule has 0 aliphatic heterocycles. The summed E-state index contributed by atoms with van der Waals surface area (Å²) in [5.74, 6) is -62.9. The number of aryl methyl sites for hydroxylation is 8. The Bertz CT molecular complexity index is 4660. The third-order valence-electron chi connectivity index (χ3n) is 18.9. The molecule has 110 heavy (non-hydrogen) atoms. The van der Waals surface area contributed by atoms with Gasteiger partial charge in [-0.25, -0.2) is 0 Å². The van der Waals surface area contributed by atoms with Crippen LogP contribution in [0.15, 0.2) is 35.0 Å². The summed E-state index contributed by atoms with van der Waals surface area (Å²) in [6.45, 7) is 18.9. The molecule has 0 atom stereocenters. The van der Waals surface area contributed by atoms with E-state index in [-0.39, 0.29) is 65.5 Å². The van der Waals surface area contributed by atoms with Crippen molar-refractivity contribution in [2.45, 2.75) is 167 Å². The molecule has 0 radical (unpaired) electrons. The first-order chi connectivity index (χ1) is 50.5. The summed E-state index contributed by atoms with van der Waals surface area (Å²) in [4.78, 5) is 3.97. The lowest BCUT2D eigenvalue weighted by atomic mass is 9.89. The van der Waals surface area contributed by atoms with Crippen LogP contribution >= 0.6 is 90.7 Å². The predicted octanol–water partition coefficient (Wildman–Crippen LogP) is 26.8. The molecule has 0 fully saturated rings. The van der Waals surface area contributed by atoms with E-state index in [0.29, 0.717) is 50.1 Å². The summed E-state index contributed by atoms with van der Waals surface area (Å²) < 4.78 is 382. The third kappa shape index (κ3) is 12.6. The van der Waals surface area contributed by atoms with Crippen LogP contribution in [0.1, 0.15) is 120 Å². The Balaban J connectivity index is 0.000000169. The van der Waals surface area contributed by atoms with E-state index in [1.165, 1.54) is 89.2 Å². The van der Waals surface area contributed by atoms with Gasteiger partial charge in [-0.1, -0.05) is 13.8 Å². The number of allylic oxidation sites excluding steroid dienone is 8. The maximum absolute atomic E-state index is 15.1. The van der Waals surface area contributed by atoms with E-state index < -0.39 is 149 Å². The second-order valence-corrected chi connectivity index (χ2v) is 34.6. The lowest BCUT2D eigenvalue weighted by molar-refractivity contribution is -0.254. The second kappa shape index (κ2) is 29.5. The average molecular weight is 1740 g/mol. The minimum atomic E-state index is -5.62. The van der Waals surface area contributed by atoms with Gasteiger partial charge >= 0.3 is 71.1 Å². The second-order valence-electron chi connectivity index (χ2n) is 25.2. The monoisotopic (exact) mass is 1740 g/mol. The van der Waals surface area contributed by atoms with Gasteiger partial charge in [0.1, 0.15) is 0 Å². The van der Waals surface area contributed by atoms with E-state index in [9.17, 15) is 70.2 Å². The van der Waals surface area contributed by atoms with Crippen LogP contribution in [0.2, 0.25) is 0 Å². The van der Waals surface area contributed by atoms with Crippen LogP contribution in [-0.4, -0.2) is 114 Å². The SMILES string of the molecule is CCc1c(C)sc(C)c1C1=C(c2c(C)sc(C)c2CC)C(F)(F)C(F)(F)C1(F)F.COc1sc(C)c(C)c1C1=C(c2c(OC)sc(C)c2C)C(F)(F)C(F)(F)C1(F)F.COc1sc(C)cc1C1=C(c2cc(C)sc2OC)C(F)(F)C(F)(F)C1(F)F.COc1sccc1C1=C(c2ccsc2OC)C(F)(F)C(F)(F)C1(F)F. The van der Waals surface area contributed by atoms with Crippen LogP contribution in [0.25, 0.3) is 44.6 Å². The number of methoxy groups -OCH3 is 6. The van der Waals surface area contributed by atoms with Crippen molar-refractivity contribution in [2.24, 2.45) is 0 Å². The molecule has 4 aliphatic rings. The van der Waals surface area contributed by atoms with E-state index in [4.69, 9.17) is 28.4 Å². The number of hydrogen-bond donors (Lipinski definition) is 0. The molecule has 8 aromatic rings. The highest BCUT2D eigenvalue weighted by Crippen LogP contribution is 2.72. The van der Waals surface area contributed by atoms with Crippen LogP contribution in [0.5, 0.6) is 30.4 Å². The molecule has 38 heteroatoms. The summed E-state index contributed by atoms with van der Waals surface area (Å²) in [6.07, 6.45) is 0.579. The molecule has 0 saturated carbocycles. The Morgan fingerprint density at radius 3 is 0.745 bits per heavy atom. The van der Waals surface area contributed by atoms with E-state index >= 15 is 35.1 Å². The predicted molar refractivity (Wildman–Crippen MR) is 387 cm³/mol. The zero-order valence-electron chi connectivity index (χ0n) is 60.7. The van der Waals surface area contributed by atoms with Gasteiger partial charge in [-0.15, -0.1) is 90.7 Å². The van der Waals surface area contributed by atoms with Crippen molar-refractivity contribution in [1.29, 1.82) is 0 Å². The van der Waals surface area contributed by atoms with Crippen molar-refractivity contribution in [3.8, 4) is 30.4 Å². The Hall–Kier alpha value is -6.32. The van der Waals surface area contributed by atoms with Crippen molar-refractivity contribution < 1.29 is 134 Å². The quantitative estimate of drug-likeness (QED) is 0.0899. The molecular weight excluding hydrogens is 1670 g/mol. The first-order valence-electron chi connectivity index (χ1n) is 32.1. The fourth-order valence-corrected chi connectivity index (χ4v) is 20.9. The van der Waals surface area contributed by atoms with Crippen molar-refractivity contribution in [2.75, 3.05) is 42.7 Å². The fraction of sp³-hybridized carbons (Fsp3) is 0.444. The van der Waals surface area contributed by atoms with Gasteiger partial charge in [-0.3, -0.25) is 0 Å². The van der Waals surface area contributed by atoms with E-state index in [0.717, 1.165) is 121 Å². The van der Waals surface area contributed by atoms with Crippen LogP contribution in [0, 0.1) is 69.2 Å². The molecule has 8 heterocycles. The number of thiophene rings is 8. The summed E-state index contributed by atoms with van der Waals surface area (Å²) in [6, 6.07) is 4.41. The molecule has 12 rings (SSSR count). The zero-order valence-corrected chi connectivity index (χ0v) is 67.2. The molecule has 604 valence electrons. The number of halogens is 24. The molecular formula is C72H64F24O6S8. The maximum Gasteiger partial charge on any atom is 0.380 e. The summed E-state index contributed by atoms with van der Waals surface area (Å²) in [5.41, 5.74) is -12.8. The lowest BCUT2D eigenvalue weighted by Gasteiger charge is -2.26. The van der Waals surface area contributed by atoms with E-state index in [1.807, 2.05) is 0 Å². The van der Waals surface area contributed by atoms with Gasteiger partial charge in [0.25, 0.3) is 0 Å². The Morgan fingerprint density at radius 2 is 0.500 bits per heavy atom. The normalized spacial score (nSPS) is 20.2. The first-order valence-corrected chi connectivity index (χ1v) is 38.7. The molecule has 0 aromatic carbocycles. The van der Waals surface area contributed by atoms with E-state index in [1.54, 1.807) is 41.5 Å². The highest BCUT2D eigenvalue weighted by atomic mass is 32.1. The highest BCUT2D eigenvalue weighted by Gasteiger charge is 2.84. The summed E-state index contributed by atoms with van der Waals surface area (Å²) >= 11 is 7.70. The molecule has 0 unspecified atom stereocenters. The van der Waals surface area contributed by atoms with Crippen molar-refractivity contribution >= 4 is 135 Å². The van der Waals surface area contributed by atoms with Crippen molar-refractivity contribution in [3.05, 3.63) is 141 Å². The largest absolute Gasteiger partial charge is 0.487 e. The molecule has 6 nitrogen and oxygen atoms in total. The Morgan fingerprint density at radius 1 is 0.264 bits per heavy atom. The highest BCUT2D eigenvalue weighted by molar-refractivity contribution is 7.15. The Labute approximate surface area is 645 Å². The van der Waals surface area contributed by atoms with Gasteiger partial charge < -0.3 is 28.4 Å². The van der Waals surface area contributed by atoms with E-state index in [2.05, 4.69) is 0 Å². The standard InChI is InChI=1S/C21H22F6S2.C19H18F6O2S2.C17H14F6O2S2.C15H10F6O2S2/c1-7-13-9(3)28-11(5)15(13)17-18(16-12(6)29-10(4)14(16)8-2)20(24,25)21(26,27)19(17,22)23;1-7-9(3)28-15(26-5)11(7)13-14(12-8(2)10(4)29-16(12)27-6)18(22,23)19(24,25)17(13,20)21;1-7-5-9(13(24-3)26-7)11-12(10-6-8(2)27-14(10)25-4)16(20,21)17(22,23)15(11,18)19;1-22-11-7(3-5-24-11)9-10(8-4-6-25-12(8)23-2)14(18,19)15(20,21)13(9,16)17/h7-8H2,1-6H3;1-6H3;5-6H,1-4H3;3-6H,1-2H3. The lowest BCUT2D eigenvalue weighted by Crippen LogP contribution is -2.49.